The molecule has 108 valence electrons. The standard InChI is InChI=1S/C21H18O/c22-21-14-17-7-2-4-10-19(17)18-9-3-1-6-15(18)12-13-16-8-5-11-20(16)21/h1-4,6-11H,5,12-14H2. The van der Waals surface area contributed by atoms with Gasteiger partial charge in [-0.3, -0.25) is 4.79 Å². The van der Waals surface area contributed by atoms with Gasteiger partial charge in [-0.1, -0.05) is 60.7 Å². The largest absolute Gasteiger partial charge is 0.294 e. The van der Waals surface area contributed by atoms with Crippen LogP contribution in [0.2, 0.25) is 0 Å². The molecule has 0 aliphatic heterocycles. The van der Waals surface area contributed by atoms with Crippen LogP contribution in [0, 0.1) is 0 Å². The number of carbonyl (C=O) groups excluding carboxylic acids is 1. The zero-order valence-electron chi connectivity index (χ0n) is 12.5. The zero-order valence-corrected chi connectivity index (χ0v) is 12.5. The SMILES string of the molecule is O=C1Cc2ccccc2-c2ccccc2CCC2=CCC=C12. The van der Waals surface area contributed by atoms with E-state index in [1.165, 1.54) is 22.3 Å². The van der Waals surface area contributed by atoms with Crippen molar-refractivity contribution in [3.05, 3.63) is 83.0 Å². The lowest BCUT2D eigenvalue weighted by atomic mass is 9.86. The van der Waals surface area contributed by atoms with E-state index in [1.807, 2.05) is 6.07 Å². The molecule has 2 aromatic rings. The topological polar surface area (TPSA) is 17.1 Å². The van der Waals surface area contributed by atoms with Crippen LogP contribution < -0.4 is 0 Å². The number of fused-ring (bicyclic) bond motifs is 4. The molecule has 0 spiro atoms. The Hall–Kier alpha value is -2.41. The fraction of sp³-hybridized carbons (Fsp3) is 0.190. The average molecular weight is 286 g/mol. The van der Waals surface area contributed by atoms with Crippen LogP contribution in [0.4, 0.5) is 0 Å². The maximum absolute atomic E-state index is 12.7. The summed E-state index contributed by atoms with van der Waals surface area (Å²) in [6.45, 7) is 0. The van der Waals surface area contributed by atoms with Gasteiger partial charge in [0.15, 0.2) is 5.78 Å². The number of hydrogen-bond acceptors (Lipinski definition) is 1. The van der Waals surface area contributed by atoms with Gasteiger partial charge in [0.05, 0.1) is 0 Å². The van der Waals surface area contributed by atoms with Crippen molar-refractivity contribution in [2.75, 3.05) is 0 Å². The van der Waals surface area contributed by atoms with Gasteiger partial charge in [-0.05, 0) is 47.1 Å². The number of aryl methyl sites for hydroxylation is 1. The Kier molecular flexibility index (Phi) is 3.27. The van der Waals surface area contributed by atoms with Gasteiger partial charge in [-0.25, -0.2) is 0 Å². The molecule has 0 aromatic heterocycles. The predicted octanol–water partition coefficient (Wildman–Crippen LogP) is 4.67. The van der Waals surface area contributed by atoms with E-state index >= 15 is 0 Å². The van der Waals surface area contributed by atoms with Crippen molar-refractivity contribution in [1.82, 2.24) is 0 Å². The van der Waals surface area contributed by atoms with Crippen LogP contribution in [-0.2, 0) is 17.6 Å². The molecule has 1 heteroatoms. The lowest BCUT2D eigenvalue weighted by Gasteiger charge is -2.17. The highest BCUT2D eigenvalue weighted by Crippen LogP contribution is 2.33. The van der Waals surface area contributed by atoms with Crippen molar-refractivity contribution in [2.45, 2.75) is 25.7 Å². The average Bonchev–Trinajstić information content (AvgIpc) is 3.02. The Balaban J connectivity index is 1.90. The van der Waals surface area contributed by atoms with E-state index < -0.39 is 0 Å². The van der Waals surface area contributed by atoms with Crippen molar-refractivity contribution in [2.24, 2.45) is 0 Å². The fourth-order valence-electron chi connectivity index (χ4n) is 3.57. The summed E-state index contributed by atoms with van der Waals surface area (Å²) in [5.74, 6) is 0.260. The summed E-state index contributed by atoms with van der Waals surface area (Å²) in [5, 5.41) is 0. The number of allylic oxidation sites excluding steroid dienone is 4. The summed E-state index contributed by atoms with van der Waals surface area (Å²) in [4.78, 5) is 12.7. The van der Waals surface area contributed by atoms with Gasteiger partial charge in [-0.15, -0.1) is 0 Å². The molecule has 0 N–H and O–H groups in total. The lowest BCUT2D eigenvalue weighted by Crippen LogP contribution is -2.10. The molecule has 0 unspecified atom stereocenters. The van der Waals surface area contributed by atoms with Gasteiger partial charge in [0.1, 0.15) is 0 Å². The van der Waals surface area contributed by atoms with Crippen LogP contribution in [0.3, 0.4) is 0 Å². The molecule has 4 rings (SSSR count). The third-order valence-electron chi connectivity index (χ3n) is 4.67. The van der Waals surface area contributed by atoms with E-state index in [1.54, 1.807) is 0 Å². The highest BCUT2D eigenvalue weighted by molar-refractivity contribution is 6.02. The summed E-state index contributed by atoms with van der Waals surface area (Å²) in [6, 6.07) is 16.9. The summed E-state index contributed by atoms with van der Waals surface area (Å²) >= 11 is 0. The molecule has 0 bridgehead atoms. The smallest absolute Gasteiger partial charge is 0.167 e. The first kappa shape index (κ1) is 13.3. The second-order valence-electron chi connectivity index (χ2n) is 6.00. The van der Waals surface area contributed by atoms with Crippen LogP contribution in [0.25, 0.3) is 11.1 Å². The van der Waals surface area contributed by atoms with Gasteiger partial charge >= 0.3 is 0 Å². The Morgan fingerprint density at radius 1 is 0.727 bits per heavy atom. The minimum absolute atomic E-state index is 0.260. The Bertz CT molecular complexity index is 808. The van der Waals surface area contributed by atoms with E-state index in [0.29, 0.717) is 6.42 Å². The lowest BCUT2D eigenvalue weighted by molar-refractivity contribution is -0.114. The fourth-order valence-corrected chi connectivity index (χ4v) is 3.57. The third kappa shape index (κ3) is 2.23. The first-order valence-electron chi connectivity index (χ1n) is 7.92. The van der Waals surface area contributed by atoms with Crippen LogP contribution >= 0.6 is 0 Å². The first-order chi connectivity index (χ1) is 10.8. The Morgan fingerprint density at radius 2 is 1.41 bits per heavy atom. The highest BCUT2D eigenvalue weighted by atomic mass is 16.1. The maximum atomic E-state index is 12.7. The first-order valence-corrected chi connectivity index (χ1v) is 7.92. The highest BCUT2D eigenvalue weighted by Gasteiger charge is 2.21. The molecule has 2 aliphatic rings. The van der Waals surface area contributed by atoms with Gasteiger partial charge in [0.2, 0.25) is 0 Å². The van der Waals surface area contributed by atoms with Crippen LogP contribution in [-0.4, -0.2) is 5.78 Å². The van der Waals surface area contributed by atoms with E-state index in [-0.39, 0.29) is 5.78 Å². The molecule has 0 radical (unpaired) electrons. The molecule has 2 aromatic carbocycles. The molecular formula is C21H18O. The van der Waals surface area contributed by atoms with Gasteiger partial charge in [-0.2, -0.15) is 0 Å². The molecule has 1 nitrogen and oxygen atoms in total. The predicted molar refractivity (Wildman–Crippen MR) is 89.7 cm³/mol. The number of ketones is 1. The Morgan fingerprint density at radius 3 is 2.23 bits per heavy atom. The molecule has 0 amide bonds. The number of Topliss-reactive ketones (excluding diaryl/α,β-unsaturated/α-hetero) is 1. The van der Waals surface area contributed by atoms with Crippen molar-refractivity contribution >= 4 is 5.78 Å². The monoisotopic (exact) mass is 286 g/mol. The van der Waals surface area contributed by atoms with Crippen LogP contribution in [0.1, 0.15) is 24.0 Å². The van der Waals surface area contributed by atoms with Crippen LogP contribution in [0.5, 0.6) is 0 Å². The van der Waals surface area contributed by atoms with Crippen molar-refractivity contribution in [1.29, 1.82) is 0 Å². The summed E-state index contributed by atoms with van der Waals surface area (Å²) < 4.78 is 0. The van der Waals surface area contributed by atoms with E-state index in [9.17, 15) is 4.79 Å². The molecular weight excluding hydrogens is 268 g/mol. The molecule has 0 atom stereocenters. The van der Waals surface area contributed by atoms with E-state index in [0.717, 1.165) is 30.4 Å². The second-order valence-corrected chi connectivity index (χ2v) is 6.00. The van der Waals surface area contributed by atoms with Gasteiger partial charge < -0.3 is 0 Å². The molecule has 2 aliphatic carbocycles. The van der Waals surface area contributed by atoms with Gasteiger partial charge in [0, 0.05) is 12.0 Å². The summed E-state index contributed by atoms with van der Waals surface area (Å²) in [7, 11) is 0. The van der Waals surface area contributed by atoms with Crippen molar-refractivity contribution in [3.8, 4) is 11.1 Å². The molecule has 0 heterocycles. The quantitative estimate of drug-likeness (QED) is 0.688. The second kappa shape index (κ2) is 5.42. The minimum atomic E-state index is 0.260. The Labute approximate surface area is 131 Å². The third-order valence-corrected chi connectivity index (χ3v) is 4.67. The van der Waals surface area contributed by atoms with E-state index in [2.05, 4.69) is 54.6 Å². The molecule has 0 saturated carbocycles. The van der Waals surface area contributed by atoms with E-state index in [4.69, 9.17) is 0 Å². The molecule has 0 fully saturated rings. The number of carbonyl (C=O) groups is 1. The minimum Gasteiger partial charge on any atom is -0.294 e. The summed E-state index contributed by atoms with van der Waals surface area (Å²) in [6.07, 6.45) is 7.64. The van der Waals surface area contributed by atoms with Crippen molar-refractivity contribution < 1.29 is 4.79 Å². The van der Waals surface area contributed by atoms with Gasteiger partial charge in [0.25, 0.3) is 0 Å². The normalized spacial score (nSPS) is 17.0. The van der Waals surface area contributed by atoms with Crippen molar-refractivity contribution in [3.63, 3.8) is 0 Å². The van der Waals surface area contributed by atoms with Crippen LogP contribution in [0.15, 0.2) is 71.8 Å². The number of hydrogen-bond donors (Lipinski definition) is 0. The molecule has 0 saturated heterocycles. The number of rotatable bonds is 0. The summed E-state index contributed by atoms with van der Waals surface area (Å²) in [5.41, 5.74) is 7.17. The maximum Gasteiger partial charge on any atom is 0.167 e. The number of benzene rings is 2. The molecule has 22 heavy (non-hydrogen) atoms. The zero-order chi connectivity index (χ0) is 14.9.